The van der Waals surface area contributed by atoms with Gasteiger partial charge in [-0.3, -0.25) is 4.79 Å². The van der Waals surface area contributed by atoms with Gasteiger partial charge in [-0.25, -0.2) is 0 Å². The van der Waals surface area contributed by atoms with Crippen LogP contribution in [0.2, 0.25) is 0 Å². The van der Waals surface area contributed by atoms with Gasteiger partial charge in [0, 0.05) is 5.92 Å². The molecule has 1 unspecified atom stereocenters. The SMILES string of the molecule is C/C=C/C(=O)C1CCCC=C1CC. The summed E-state index contributed by atoms with van der Waals surface area (Å²) in [5.41, 5.74) is 1.34. The number of carbonyl (C=O) groups excluding carboxylic acids is 1. The maximum atomic E-state index is 11.6. The second-order valence-electron chi connectivity index (χ2n) is 3.52. The molecule has 1 heteroatoms. The van der Waals surface area contributed by atoms with E-state index in [2.05, 4.69) is 13.0 Å². The van der Waals surface area contributed by atoms with Crippen LogP contribution in [0.5, 0.6) is 0 Å². The molecule has 0 aliphatic heterocycles. The summed E-state index contributed by atoms with van der Waals surface area (Å²) in [5, 5.41) is 0. The van der Waals surface area contributed by atoms with Crippen LogP contribution >= 0.6 is 0 Å². The zero-order chi connectivity index (χ0) is 9.68. The minimum atomic E-state index is 0.190. The highest BCUT2D eigenvalue weighted by atomic mass is 16.1. The molecular weight excluding hydrogens is 160 g/mol. The van der Waals surface area contributed by atoms with E-state index in [9.17, 15) is 4.79 Å². The Hall–Kier alpha value is -0.850. The summed E-state index contributed by atoms with van der Waals surface area (Å²) in [4.78, 5) is 11.6. The fourth-order valence-corrected chi connectivity index (χ4v) is 1.93. The normalized spacial score (nSPS) is 23.2. The van der Waals surface area contributed by atoms with Crippen molar-refractivity contribution in [3.05, 3.63) is 23.8 Å². The average Bonchev–Trinajstić information content (AvgIpc) is 2.18. The quantitative estimate of drug-likeness (QED) is 0.479. The Kier molecular flexibility index (Phi) is 3.94. The van der Waals surface area contributed by atoms with E-state index >= 15 is 0 Å². The standard InChI is InChI=1S/C12H18O/c1-3-7-12(13)11-9-6-5-8-10(11)4-2/h3,7-8,11H,4-6,9H2,1-2H3/b7-3+. The van der Waals surface area contributed by atoms with Gasteiger partial charge in [-0.2, -0.15) is 0 Å². The second-order valence-corrected chi connectivity index (χ2v) is 3.52. The average molecular weight is 178 g/mol. The molecule has 0 aromatic heterocycles. The molecule has 0 bridgehead atoms. The van der Waals surface area contributed by atoms with Crippen LogP contribution in [0.25, 0.3) is 0 Å². The maximum Gasteiger partial charge on any atom is 0.162 e. The van der Waals surface area contributed by atoms with Crippen molar-refractivity contribution in [3.63, 3.8) is 0 Å². The molecule has 1 aliphatic rings. The number of carbonyl (C=O) groups is 1. The van der Waals surface area contributed by atoms with Crippen LogP contribution in [0, 0.1) is 5.92 Å². The van der Waals surface area contributed by atoms with Crippen molar-refractivity contribution in [1.82, 2.24) is 0 Å². The lowest BCUT2D eigenvalue weighted by Crippen LogP contribution is -2.17. The van der Waals surface area contributed by atoms with Gasteiger partial charge >= 0.3 is 0 Å². The first-order valence-electron chi connectivity index (χ1n) is 5.15. The zero-order valence-corrected chi connectivity index (χ0v) is 8.55. The van der Waals surface area contributed by atoms with Gasteiger partial charge in [-0.05, 0) is 38.7 Å². The lowest BCUT2D eigenvalue weighted by molar-refractivity contribution is -0.117. The summed E-state index contributed by atoms with van der Waals surface area (Å²) in [7, 11) is 0. The first-order valence-corrected chi connectivity index (χ1v) is 5.15. The summed E-state index contributed by atoms with van der Waals surface area (Å²) in [5.74, 6) is 0.477. The van der Waals surface area contributed by atoms with Gasteiger partial charge in [-0.15, -0.1) is 0 Å². The number of allylic oxidation sites excluding steroid dienone is 4. The van der Waals surface area contributed by atoms with E-state index in [1.807, 2.05) is 13.0 Å². The highest BCUT2D eigenvalue weighted by Gasteiger charge is 2.21. The molecule has 0 aromatic carbocycles. The molecule has 1 atom stereocenters. The molecule has 0 heterocycles. The maximum absolute atomic E-state index is 11.6. The lowest BCUT2D eigenvalue weighted by Gasteiger charge is -2.20. The van der Waals surface area contributed by atoms with Crippen molar-refractivity contribution in [2.75, 3.05) is 0 Å². The van der Waals surface area contributed by atoms with Crippen LogP contribution in [0.1, 0.15) is 39.5 Å². The first-order chi connectivity index (χ1) is 6.29. The Morgan fingerprint density at radius 3 is 3.08 bits per heavy atom. The number of ketones is 1. The van der Waals surface area contributed by atoms with Gasteiger partial charge < -0.3 is 0 Å². The fourth-order valence-electron chi connectivity index (χ4n) is 1.93. The lowest BCUT2D eigenvalue weighted by atomic mass is 9.83. The predicted octanol–water partition coefficient (Wildman–Crippen LogP) is 3.27. The Balaban J connectivity index is 2.71. The summed E-state index contributed by atoms with van der Waals surface area (Å²) < 4.78 is 0. The molecule has 0 saturated carbocycles. The fraction of sp³-hybridized carbons (Fsp3) is 0.583. The van der Waals surface area contributed by atoms with E-state index in [1.54, 1.807) is 6.08 Å². The summed E-state index contributed by atoms with van der Waals surface area (Å²) in [6.07, 6.45) is 10.2. The molecular formula is C12H18O. The van der Waals surface area contributed by atoms with Gasteiger partial charge in [-0.1, -0.05) is 24.6 Å². The third kappa shape index (κ3) is 2.55. The van der Waals surface area contributed by atoms with Crippen molar-refractivity contribution in [2.24, 2.45) is 5.92 Å². The topological polar surface area (TPSA) is 17.1 Å². The highest BCUT2D eigenvalue weighted by Crippen LogP contribution is 2.27. The van der Waals surface area contributed by atoms with Crippen LogP contribution in [0.15, 0.2) is 23.8 Å². The Bertz CT molecular complexity index is 236. The van der Waals surface area contributed by atoms with E-state index in [4.69, 9.17) is 0 Å². The van der Waals surface area contributed by atoms with Crippen molar-refractivity contribution in [2.45, 2.75) is 39.5 Å². The van der Waals surface area contributed by atoms with Gasteiger partial charge in [0.15, 0.2) is 5.78 Å². The van der Waals surface area contributed by atoms with Crippen LogP contribution in [-0.2, 0) is 4.79 Å². The molecule has 0 fully saturated rings. The van der Waals surface area contributed by atoms with Gasteiger partial charge in [0.1, 0.15) is 0 Å². The van der Waals surface area contributed by atoms with Crippen LogP contribution < -0.4 is 0 Å². The molecule has 72 valence electrons. The molecule has 0 spiro atoms. The molecule has 0 amide bonds. The highest BCUT2D eigenvalue weighted by molar-refractivity contribution is 5.93. The second kappa shape index (κ2) is 5.00. The molecule has 0 radical (unpaired) electrons. The van der Waals surface area contributed by atoms with Crippen molar-refractivity contribution < 1.29 is 4.79 Å². The van der Waals surface area contributed by atoms with Crippen LogP contribution in [-0.4, -0.2) is 5.78 Å². The molecule has 1 nitrogen and oxygen atoms in total. The largest absolute Gasteiger partial charge is 0.294 e. The van der Waals surface area contributed by atoms with Gasteiger partial charge in [0.2, 0.25) is 0 Å². The third-order valence-electron chi connectivity index (χ3n) is 2.63. The molecule has 1 aliphatic carbocycles. The van der Waals surface area contributed by atoms with E-state index in [0.717, 1.165) is 25.7 Å². The number of rotatable bonds is 3. The van der Waals surface area contributed by atoms with E-state index in [1.165, 1.54) is 5.57 Å². The molecule has 0 N–H and O–H groups in total. The minimum Gasteiger partial charge on any atom is -0.294 e. The number of hydrogen-bond donors (Lipinski definition) is 0. The van der Waals surface area contributed by atoms with Crippen LogP contribution in [0.4, 0.5) is 0 Å². The predicted molar refractivity (Wildman–Crippen MR) is 55.5 cm³/mol. The van der Waals surface area contributed by atoms with Crippen molar-refractivity contribution in [3.8, 4) is 0 Å². The van der Waals surface area contributed by atoms with Gasteiger partial charge in [0.25, 0.3) is 0 Å². The zero-order valence-electron chi connectivity index (χ0n) is 8.55. The Morgan fingerprint density at radius 2 is 2.46 bits per heavy atom. The number of hydrogen-bond acceptors (Lipinski definition) is 1. The van der Waals surface area contributed by atoms with Crippen LogP contribution in [0.3, 0.4) is 0 Å². The summed E-state index contributed by atoms with van der Waals surface area (Å²) >= 11 is 0. The Morgan fingerprint density at radius 1 is 1.69 bits per heavy atom. The molecule has 0 aromatic rings. The van der Waals surface area contributed by atoms with Crippen molar-refractivity contribution in [1.29, 1.82) is 0 Å². The first kappa shape index (κ1) is 10.2. The van der Waals surface area contributed by atoms with E-state index in [-0.39, 0.29) is 11.7 Å². The summed E-state index contributed by atoms with van der Waals surface area (Å²) in [6, 6.07) is 0. The molecule has 1 rings (SSSR count). The monoisotopic (exact) mass is 178 g/mol. The summed E-state index contributed by atoms with van der Waals surface area (Å²) in [6.45, 7) is 4.03. The van der Waals surface area contributed by atoms with Gasteiger partial charge in [0.05, 0.1) is 0 Å². The molecule has 0 saturated heterocycles. The minimum absolute atomic E-state index is 0.190. The van der Waals surface area contributed by atoms with E-state index in [0.29, 0.717) is 0 Å². The van der Waals surface area contributed by atoms with E-state index < -0.39 is 0 Å². The molecule has 13 heavy (non-hydrogen) atoms. The third-order valence-corrected chi connectivity index (χ3v) is 2.63. The Labute approximate surface area is 80.5 Å². The smallest absolute Gasteiger partial charge is 0.162 e. The van der Waals surface area contributed by atoms with Crippen molar-refractivity contribution >= 4 is 5.78 Å².